The molecule has 0 aliphatic carbocycles. The topological polar surface area (TPSA) is 47.5 Å². The van der Waals surface area contributed by atoms with Gasteiger partial charge in [-0.25, -0.2) is 9.97 Å². The molecule has 22 heavy (non-hydrogen) atoms. The maximum absolute atomic E-state index is 5.83. The monoisotopic (exact) mass is 301 g/mol. The lowest BCUT2D eigenvalue weighted by molar-refractivity contribution is 0.0370. The van der Waals surface area contributed by atoms with Gasteiger partial charge in [0, 0.05) is 13.1 Å². The molecule has 2 heterocycles. The molecular weight excluding hydrogens is 278 g/mol. The standard InChI is InChI=1S/C17H23N3O2/c1(4-8-20-9-12-21-13-10-20)5-11-22-17-15-6-2-3-7-16(15)18-14-19-17/h2-3,6-7,14H,1,4-5,8-13H2. The van der Waals surface area contributed by atoms with Gasteiger partial charge in [0.2, 0.25) is 5.88 Å². The van der Waals surface area contributed by atoms with Gasteiger partial charge in [-0.05, 0) is 37.9 Å². The van der Waals surface area contributed by atoms with Gasteiger partial charge >= 0.3 is 0 Å². The fraction of sp³-hybridized carbons (Fsp3) is 0.529. The highest BCUT2D eigenvalue weighted by Gasteiger charge is 2.09. The second-order valence-electron chi connectivity index (χ2n) is 5.56. The molecule has 1 aromatic carbocycles. The number of hydrogen-bond acceptors (Lipinski definition) is 5. The Labute approximate surface area is 131 Å². The molecule has 0 unspecified atom stereocenters. The van der Waals surface area contributed by atoms with Crippen LogP contribution in [0.1, 0.15) is 19.3 Å². The first-order valence-electron chi connectivity index (χ1n) is 8.06. The lowest BCUT2D eigenvalue weighted by atomic mass is 10.2. The molecule has 1 aliphatic heterocycles. The molecule has 118 valence electrons. The van der Waals surface area contributed by atoms with Crippen molar-refractivity contribution in [1.82, 2.24) is 14.9 Å². The fourth-order valence-corrected chi connectivity index (χ4v) is 2.70. The van der Waals surface area contributed by atoms with Crippen LogP contribution in [0, 0.1) is 0 Å². The molecule has 3 rings (SSSR count). The van der Waals surface area contributed by atoms with E-state index in [4.69, 9.17) is 9.47 Å². The average Bonchev–Trinajstić information content (AvgIpc) is 2.59. The minimum absolute atomic E-state index is 0.693. The zero-order valence-electron chi connectivity index (χ0n) is 12.9. The smallest absolute Gasteiger partial charge is 0.224 e. The van der Waals surface area contributed by atoms with Gasteiger partial charge in [-0.15, -0.1) is 0 Å². The molecule has 1 aliphatic rings. The van der Waals surface area contributed by atoms with Gasteiger partial charge in [0.1, 0.15) is 6.33 Å². The molecular formula is C17H23N3O2. The molecule has 5 heteroatoms. The normalized spacial score (nSPS) is 16.0. The van der Waals surface area contributed by atoms with Crippen LogP contribution in [0.4, 0.5) is 0 Å². The van der Waals surface area contributed by atoms with E-state index < -0.39 is 0 Å². The number of unbranched alkanes of at least 4 members (excludes halogenated alkanes) is 2. The lowest BCUT2D eigenvalue weighted by Crippen LogP contribution is -2.36. The Kier molecular flexibility index (Phi) is 5.56. The fourth-order valence-electron chi connectivity index (χ4n) is 2.70. The molecule has 0 N–H and O–H groups in total. The van der Waals surface area contributed by atoms with E-state index >= 15 is 0 Å². The van der Waals surface area contributed by atoms with Gasteiger partial charge < -0.3 is 9.47 Å². The Morgan fingerprint density at radius 2 is 1.91 bits per heavy atom. The van der Waals surface area contributed by atoms with Crippen molar-refractivity contribution in [3.63, 3.8) is 0 Å². The Bertz CT molecular complexity index is 580. The first kappa shape index (κ1) is 15.2. The van der Waals surface area contributed by atoms with E-state index in [1.54, 1.807) is 6.33 Å². The lowest BCUT2D eigenvalue weighted by Gasteiger charge is -2.26. The largest absolute Gasteiger partial charge is 0.477 e. The van der Waals surface area contributed by atoms with Crippen LogP contribution in [0.15, 0.2) is 30.6 Å². The van der Waals surface area contributed by atoms with E-state index in [0.29, 0.717) is 12.5 Å². The van der Waals surface area contributed by atoms with Crippen LogP contribution in [0.2, 0.25) is 0 Å². The highest BCUT2D eigenvalue weighted by molar-refractivity contribution is 5.82. The van der Waals surface area contributed by atoms with E-state index in [2.05, 4.69) is 14.9 Å². The van der Waals surface area contributed by atoms with Gasteiger partial charge in [0.15, 0.2) is 0 Å². The molecule has 0 bridgehead atoms. The summed E-state index contributed by atoms with van der Waals surface area (Å²) in [7, 11) is 0. The van der Waals surface area contributed by atoms with Crippen molar-refractivity contribution in [3.8, 4) is 5.88 Å². The second-order valence-corrected chi connectivity index (χ2v) is 5.56. The molecule has 2 aromatic rings. The molecule has 0 atom stereocenters. The number of benzene rings is 1. The number of morpholine rings is 1. The van der Waals surface area contributed by atoms with Crippen LogP contribution in [0.25, 0.3) is 10.9 Å². The van der Waals surface area contributed by atoms with Crippen molar-refractivity contribution in [2.24, 2.45) is 0 Å². The third-order valence-electron chi connectivity index (χ3n) is 3.97. The van der Waals surface area contributed by atoms with Gasteiger partial charge in [-0.2, -0.15) is 0 Å². The summed E-state index contributed by atoms with van der Waals surface area (Å²) in [5.74, 6) is 0.693. The Morgan fingerprint density at radius 3 is 2.82 bits per heavy atom. The predicted molar refractivity (Wildman–Crippen MR) is 86.1 cm³/mol. The first-order valence-corrected chi connectivity index (χ1v) is 8.06. The first-order chi connectivity index (χ1) is 10.9. The molecule has 1 fully saturated rings. The van der Waals surface area contributed by atoms with Crippen molar-refractivity contribution >= 4 is 10.9 Å². The van der Waals surface area contributed by atoms with E-state index in [9.17, 15) is 0 Å². The number of nitrogens with zero attached hydrogens (tertiary/aromatic N) is 3. The third-order valence-corrected chi connectivity index (χ3v) is 3.97. The molecule has 1 saturated heterocycles. The van der Waals surface area contributed by atoms with Gasteiger partial charge in [0.05, 0.1) is 30.7 Å². The molecule has 0 amide bonds. The number of ether oxygens (including phenoxy) is 2. The molecule has 0 spiro atoms. The van der Waals surface area contributed by atoms with Crippen LogP contribution in [-0.4, -0.2) is 54.3 Å². The number of para-hydroxylation sites is 1. The van der Waals surface area contributed by atoms with E-state index in [0.717, 1.165) is 43.6 Å². The Hall–Kier alpha value is -1.72. The number of fused-ring (bicyclic) bond motifs is 1. The zero-order valence-corrected chi connectivity index (χ0v) is 12.9. The second kappa shape index (κ2) is 8.06. The minimum atomic E-state index is 0.693. The van der Waals surface area contributed by atoms with Crippen molar-refractivity contribution in [2.75, 3.05) is 39.5 Å². The molecule has 0 radical (unpaired) electrons. The van der Waals surface area contributed by atoms with Crippen molar-refractivity contribution < 1.29 is 9.47 Å². The van der Waals surface area contributed by atoms with Crippen molar-refractivity contribution in [2.45, 2.75) is 19.3 Å². The number of rotatable bonds is 7. The maximum atomic E-state index is 5.83. The molecule has 0 saturated carbocycles. The number of aromatic nitrogens is 2. The summed E-state index contributed by atoms with van der Waals surface area (Å²) >= 11 is 0. The quantitative estimate of drug-likeness (QED) is 0.735. The van der Waals surface area contributed by atoms with Gasteiger partial charge in [0.25, 0.3) is 0 Å². The summed E-state index contributed by atoms with van der Waals surface area (Å²) in [5.41, 5.74) is 0.930. The van der Waals surface area contributed by atoms with Crippen LogP contribution in [0.3, 0.4) is 0 Å². The molecule has 5 nitrogen and oxygen atoms in total. The van der Waals surface area contributed by atoms with E-state index in [-0.39, 0.29) is 0 Å². The van der Waals surface area contributed by atoms with Crippen LogP contribution < -0.4 is 4.74 Å². The highest BCUT2D eigenvalue weighted by Crippen LogP contribution is 2.20. The summed E-state index contributed by atoms with van der Waals surface area (Å²) in [6.45, 7) is 5.78. The predicted octanol–water partition coefficient (Wildman–Crippen LogP) is 2.51. The van der Waals surface area contributed by atoms with E-state index in [1.807, 2.05) is 24.3 Å². The van der Waals surface area contributed by atoms with Gasteiger partial charge in [-0.1, -0.05) is 12.1 Å². The maximum Gasteiger partial charge on any atom is 0.224 e. The van der Waals surface area contributed by atoms with Crippen molar-refractivity contribution in [3.05, 3.63) is 30.6 Å². The molecule has 1 aromatic heterocycles. The minimum Gasteiger partial charge on any atom is -0.477 e. The third kappa shape index (κ3) is 4.15. The summed E-state index contributed by atoms with van der Waals surface area (Å²) < 4.78 is 11.2. The Balaban J connectivity index is 1.37. The number of hydrogen-bond donors (Lipinski definition) is 0. The van der Waals surface area contributed by atoms with E-state index in [1.165, 1.54) is 19.4 Å². The van der Waals surface area contributed by atoms with Gasteiger partial charge in [-0.3, -0.25) is 4.90 Å². The van der Waals surface area contributed by atoms with Crippen molar-refractivity contribution in [1.29, 1.82) is 0 Å². The zero-order chi connectivity index (χ0) is 15.0. The van der Waals surface area contributed by atoms with Crippen LogP contribution >= 0.6 is 0 Å². The Morgan fingerprint density at radius 1 is 1.05 bits per heavy atom. The summed E-state index contributed by atoms with van der Waals surface area (Å²) in [6.07, 6.45) is 5.02. The summed E-state index contributed by atoms with van der Waals surface area (Å²) in [4.78, 5) is 11.0. The van der Waals surface area contributed by atoms with Crippen LogP contribution in [0.5, 0.6) is 5.88 Å². The average molecular weight is 301 g/mol. The highest BCUT2D eigenvalue weighted by atomic mass is 16.5. The summed E-state index contributed by atoms with van der Waals surface area (Å²) in [6, 6.07) is 7.95. The van der Waals surface area contributed by atoms with Crippen LogP contribution in [-0.2, 0) is 4.74 Å². The SMILES string of the molecule is c1ccc2c(OCCCCCN3CCOCC3)ncnc2c1. The summed E-state index contributed by atoms with van der Waals surface area (Å²) in [5, 5.41) is 0.985.